The number of rotatable bonds is 3. The maximum atomic E-state index is 12.5. The Morgan fingerprint density at radius 1 is 1.13 bits per heavy atom. The first-order valence-electron chi connectivity index (χ1n) is 7.50. The van der Waals surface area contributed by atoms with Crippen molar-refractivity contribution in [2.45, 2.75) is 0 Å². The Bertz CT molecular complexity index is 680. The second kappa shape index (κ2) is 6.56. The molecule has 120 valence electrons. The van der Waals surface area contributed by atoms with Crippen molar-refractivity contribution in [2.24, 2.45) is 0 Å². The summed E-state index contributed by atoms with van der Waals surface area (Å²) < 4.78 is 5.17. The largest absolute Gasteiger partial charge is 0.505 e. The molecule has 0 radical (unpaired) electrons. The number of ether oxygens (including phenoxy) is 1. The first-order valence-corrected chi connectivity index (χ1v) is 7.50. The Balaban J connectivity index is 1.64. The smallest absolute Gasteiger partial charge is 0.257 e. The summed E-state index contributed by atoms with van der Waals surface area (Å²) >= 11 is 0. The van der Waals surface area contributed by atoms with Gasteiger partial charge in [0.1, 0.15) is 11.5 Å². The molecule has 1 aliphatic heterocycles. The van der Waals surface area contributed by atoms with E-state index in [0.29, 0.717) is 18.7 Å². The Morgan fingerprint density at radius 3 is 2.43 bits per heavy atom. The molecule has 0 spiro atoms. The van der Waals surface area contributed by atoms with Crippen molar-refractivity contribution < 1.29 is 14.6 Å². The van der Waals surface area contributed by atoms with Gasteiger partial charge < -0.3 is 19.6 Å². The van der Waals surface area contributed by atoms with E-state index in [2.05, 4.69) is 9.88 Å². The predicted molar refractivity (Wildman–Crippen MR) is 87.0 cm³/mol. The lowest BCUT2D eigenvalue weighted by atomic mass is 10.2. The van der Waals surface area contributed by atoms with Gasteiger partial charge in [-0.25, -0.2) is 0 Å². The van der Waals surface area contributed by atoms with Crippen LogP contribution in [0.15, 0.2) is 42.7 Å². The molecule has 2 aromatic rings. The maximum Gasteiger partial charge on any atom is 0.257 e. The topological polar surface area (TPSA) is 65.9 Å². The van der Waals surface area contributed by atoms with Gasteiger partial charge in [-0.3, -0.25) is 9.78 Å². The summed E-state index contributed by atoms with van der Waals surface area (Å²) in [6, 6.07) is 9.45. The van der Waals surface area contributed by atoms with Crippen LogP contribution >= 0.6 is 0 Å². The quantitative estimate of drug-likeness (QED) is 0.935. The highest BCUT2D eigenvalue weighted by Gasteiger charge is 2.24. The molecule has 2 heterocycles. The molecule has 6 heteroatoms. The highest BCUT2D eigenvalue weighted by molar-refractivity contribution is 5.96. The molecule has 1 amide bonds. The fraction of sp³-hybridized carbons (Fsp3) is 0.294. The number of pyridine rings is 1. The van der Waals surface area contributed by atoms with Crippen LogP contribution in [-0.4, -0.2) is 54.2 Å². The van der Waals surface area contributed by atoms with E-state index in [4.69, 9.17) is 4.74 Å². The summed E-state index contributed by atoms with van der Waals surface area (Å²) in [5.41, 5.74) is 1.42. The lowest BCUT2D eigenvalue weighted by Gasteiger charge is -2.36. The van der Waals surface area contributed by atoms with Gasteiger partial charge in [0.25, 0.3) is 5.91 Å². The first kappa shape index (κ1) is 15.1. The molecule has 0 unspecified atom stereocenters. The Morgan fingerprint density at radius 2 is 1.83 bits per heavy atom. The van der Waals surface area contributed by atoms with Crippen molar-refractivity contribution >= 4 is 11.6 Å². The van der Waals surface area contributed by atoms with Gasteiger partial charge in [-0.1, -0.05) is 0 Å². The summed E-state index contributed by atoms with van der Waals surface area (Å²) in [4.78, 5) is 20.2. The number of hydrogen-bond acceptors (Lipinski definition) is 5. The van der Waals surface area contributed by atoms with Crippen molar-refractivity contribution in [3.8, 4) is 11.5 Å². The van der Waals surface area contributed by atoms with E-state index in [-0.39, 0.29) is 11.7 Å². The number of amides is 1. The molecule has 1 aromatic carbocycles. The van der Waals surface area contributed by atoms with Gasteiger partial charge in [-0.05, 0) is 30.3 Å². The molecule has 1 fully saturated rings. The Hall–Kier alpha value is -2.76. The molecule has 1 N–H and O–H groups in total. The molecular weight excluding hydrogens is 294 g/mol. The van der Waals surface area contributed by atoms with Gasteiger partial charge >= 0.3 is 0 Å². The Labute approximate surface area is 134 Å². The third-order valence-electron chi connectivity index (χ3n) is 4.03. The minimum absolute atomic E-state index is 0.0740. The number of benzene rings is 1. The lowest BCUT2D eigenvalue weighted by molar-refractivity contribution is 0.0743. The zero-order valence-corrected chi connectivity index (χ0v) is 13.0. The second-order valence-corrected chi connectivity index (χ2v) is 5.37. The molecule has 0 atom stereocenters. The van der Waals surface area contributed by atoms with Crippen molar-refractivity contribution in [1.82, 2.24) is 9.88 Å². The number of methoxy groups -OCH3 is 1. The van der Waals surface area contributed by atoms with Crippen LogP contribution < -0.4 is 9.64 Å². The normalized spacial score (nSPS) is 14.7. The molecule has 0 bridgehead atoms. The van der Waals surface area contributed by atoms with Gasteiger partial charge in [-0.15, -0.1) is 0 Å². The summed E-state index contributed by atoms with van der Waals surface area (Å²) in [6.45, 7) is 2.74. The van der Waals surface area contributed by atoms with E-state index in [1.807, 2.05) is 24.3 Å². The van der Waals surface area contributed by atoms with E-state index in [1.165, 1.54) is 12.4 Å². The lowest BCUT2D eigenvalue weighted by Crippen LogP contribution is -2.48. The summed E-state index contributed by atoms with van der Waals surface area (Å²) in [7, 11) is 1.65. The van der Waals surface area contributed by atoms with Crippen LogP contribution in [0.5, 0.6) is 11.5 Å². The van der Waals surface area contributed by atoms with Gasteiger partial charge in [0.05, 0.1) is 18.9 Å². The standard InChI is InChI=1S/C17H19N3O3/c1-23-14-4-2-13(3-5-14)19-8-10-20(11-9-19)17(22)15-6-7-18-12-16(15)21/h2-7,12,21H,8-11H2,1H3. The van der Waals surface area contributed by atoms with E-state index in [0.717, 1.165) is 24.5 Å². The average molecular weight is 313 g/mol. The molecule has 3 rings (SSSR count). The van der Waals surface area contributed by atoms with Crippen LogP contribution in [0.3, 0.4) is 0 Å². The molecule has 6 nitrogen and oxygen atoms in total. The third-order valence-corrected chi connectivity index (χ3v) is 4.03. The SMILES string of the molecule is COc1ccc(N2CCN(C(=O)c3ccncc3O)CC2)cc1. The average Bonchev–Trinajstić information content (AvgIpc) is 2.62. The molecular formula is C17H19N3O3. The fourth-order valence-corrected chi connectivity index (χ4v) is 2.70. The maximum absolute atomic E-state index is 12.5. The minimum Gasteiger partial charge on any atom is -0.505 e. The van der Waals surface area contributed by atoms with Crippen LogP contribution in [0.4, 0.5) is 5.69 Å². The third kappa shape index (κ3) is 3.21. The number of aromatic nitrogens is 1. The zero-order valence-electron chi connectivity index (χ0n) is 13.0. The fourth-order valence-electron chi connectivity index (χ4n) is 2.70. The van der Waals surface area contributed by atoms with Crippen molar-refractivity contribution in [1.29, 1.82) is 0 Å². The summed E-state index contributed by atoms with van der Waals surface area (Å²) in [5.74, 6) is 0.602. The first-order chi connectivity index (χ1) is 11.2. The van der Waals surface area contributed by atoms with Crippen LogP contribution in [-0.2, 0) is 0 Å². The van der Waals surface area contributed by atoms with Crippen molar-refractivity contribution in [3.63, 3.8) is 0 Å². The van der Waals surface area contributed by atoms with Crippen molar-refractivity contribution in [3.05, 3.63) is 48.3 Å². The molecule has 0 aliphatic carbocycles. The van der Waals surface area contributed by atoms with E-state index < -0.39 is 0 Å². The number of aromatic hydroxyl groups is 1. The highest BCUT2D eigenvalue weighted by Crippen LogP contribution is 2.22. The van der Waals surface area contributed by atoms with Gasteiger partial charge in [0, 0.05) is 38.1 Å². The number of nitrogens with zero attached hydrogens (tertiary/aromatic N) is 3. The number of piperazine rings is 1. The van der Waals surface area contributed by atoms with Crippen molar-refractivity contribution in [2.75, 3.05) is 38.2 Å². The molecule has 1 aromatic heterocycles. The number of anilines is 1. The molecule has 1 aliphatic rings. The minimum atomic E-state index is -0.153. The molecule has 23 heavy (non-hydrogen) atoms. The molecule has 1 saturated heterocycles. The monoisotopic (exact) mass is 313 g/mol. The van der Waals surface area contributed by atoms with E-state index >= 15 is 0 Å². The van der Waals surface area contributed by atoms with E-state index in [9.17, 15) is 9.90 Å². The number of hydrogen-bond donors (Lipinski definition) is 1. The van der Waals surface area contributed by atoms with Crippen LogP contribution in [0.1, 0.15) is 10.4 Å². The van der Waals surface area contributed by atoms with Crippen LogP contribution in [0, 0.1) is 0 Å². The van der Waals surface area contributed by atoms with Crippen LogP contribution in [0.2, 0.25) is 0 Å². The zero-order chi connectivity index (χ0) is 16.2. The molecule has 0 saturated carbocycles. The van der Waals surface area contributed by atoms with Gasteiger partial charge in [0.2, 0.25) is 0 Å². The van der Waals surface area contributed by atoms with E-state index in [1.54, 1.807) is 18.1 Å². The second-order valence-electron chi connectivity index (χ2n) is 5.37. The Kier molecular flexibility index (Phi) is 4.32. The number of carbonyl (C=O) groups is 1. The predicted octanol–water partition coefficient (Wildman–Crippen LogP) is 1.76. The number of carbonyl (C=O) groups excluding carboxylic acids is 1. The summed E-state index contributed by atoms with van der Waals surface area (Å²) in [6.07, 6.45) is 2.81. The van der Waals surface area contributed by atoms with Gasteiger partial charge in [0.15, 0.2) is 0 Å². The van der Waals surface area contributed by atoms with Gasteiger partial charge in [-0.2, -0.15) is 0 Å². The van der Waals surface area contributed by atoms with Crippen LogP contribution in [0.25, 0.3) is 0 Å². The highest BCUT2D eigenvalue weighted by atomic mass is 16.5. The summed E-state index contributed by atoms with van der Waals surface area (Å²) in [5, 5.41) is 9.76.